The molecule has 0 unspecified atom stereocenters. The first kappa shape index (κ1) is 23.3. The fourth-order valence-electron chi connectivity index (χ4n) is 3.93. The molecule has 2 saturated heterocycles. The Labute approximate surface area is 196 Å². The van der Waals surface area contributed by atoms with Crippen molar-refractivity contribution in [3.05, 3.63) is 57.3 Å². The number of amides is 1. The van der Waals surface area contributed by atoms with Crippen LogP contribution in [0.3, 0.4) is 0 Å². The number of carbonyl (C=O) groups is 1. The number of benzene rings is 2. The number of hydrogen-bond donors (Lipinski definition) is 1. The Morgan fingerprint density at radius 1 is 1.12 bits per heavy atom. The molecule has 0 aromatic heterocycles. The van der Waals surface area contributed by atoms with E-state index in [9.17, 15) is 17.6 Å². The summed E-state index contributed by atoms with van der Waals surface area (Å²) >= 11 is 12.3. The highest BCUT2D eigenvalue weighted by molar-refractivity contribution is 7.90. The molecule has 0 radical (unpaired) electrons. The number of rotatable bonds is 4. The summed E-state index contributed by atoms with van der Waals surface area (Å²) in [5, 5.41) is 2.78. The van der Waals surface area contributed by atoms with Crippen molar-refractivity contribution >= 4 is 50.7 Å². The normalized spacial score (nSPS) is 19.3. The van der Waals surface area contributed by atoms with Crippen molar-refractivity contribution in [2.24, 2.45) is 0 Å². The first-order valence-electron chi connectivity index (χ1n) is 10.1. The van der Waals surface area contributed by atoms with E-state index >= 15 is 0 Å². The summed E-state index contributed by atoms with van der Waals surface area (Å²) in [6.07, 6.45) is 1.71. The van der Waals surface area contributed by atoms with Crippen molar-refractivity contribution in [2.45, 2.75) is 18.8 Å². The largest absolute Gasteiger partial charge is 0.381 e. The topological polar surface area (TPSA) is 79.0 Å². The van der Waals surface area contributed by atoms with Gasteiger partial charge in [-0.15, -0.1) is 0 Å². The minimum atomic E-state index is -3.78. The van der Waals surface area contributed by atoms with Gasteiger partial charge in [-0.1, -0.05) is 23.2 Å². The minimum absolute atomic E-state index is 0.0374. The van der Waals surface area contributed by atoms with Gasteiger partial charge < -0.3 is 10.1 Å². The second-order valence-corrected chi connectivity index (χ2v) is 10.6. The predicted octanol–water partition coefficient (Wildman–Crippen LogP) is 4.28. The molecule has 0 bridgehead atoms. The van der Waals surface area contributed by atoms with Crippen LogP contribution < -0.4 is 9.62 Å². The summed E-state index contributed by atoms with van der Waals surface area (Å²) in [6, 6.07) is 7.57. The van der Waals surface area contributed by atoms with Crippen LogP contribution in [0, 0.1) is 5.82 Å². The number of anilines is 2. The zero-order chi connectivity index (χ0) is 23.0. The quantitative estimate of drug-likeness (QED) is 0.678. The number of carbonyl (C=O) groups excluding carboxylic acids is 1. The molecule has 2 heterocycles. The number of halogens is 3. The van der Waals surface area contributed by atoms with Crippen LogP contribution in [0.25, 0.3) is 0 Å². The zero-order valence-corrected chi connectivity index (χ0v) is 19.6. The lowest BCUT2D eigenvalue weighted by Crippen LogP contribution is -2.31. The van der Waals surface area contributed by atoms with Gasteiger partial charge in [0.05, 0.1) is 16.3 Å². The van der Waals surface area contributed by atoms with E-state index in [1.165, 1.54) is 13.1 Å². The predicted molar refractivity (Wildman–Crippen MR) is 123 cm³/mol. The number of ether oxygens (including phenoxy) is 1. The van der Waals surface area contributed by atoms with E-state index in [0.717, 1.165) is 33.1 Å². The van der Waals surface area contributed by atoms with Crippen LogP contribution >= 0.6 is 23.2 Å². The van der Waals surface area contributed by atoms with Crippen LogP contribution in [-0.4, -0.2) is 52.0 Å². The molecular weight excluding hydrogens is 480 g/mol. The van der Waals surface area contributed by atoms with Crippen LogP contribution in [0.4, 0.5) is 15.8 Å². The van der Waals surface area contributed by atoms with Gasteiger partial charge in [-0.25, -0.2) is 4.39 Å². The highest BCUT2D eigenvalue weighted by atomic mass is 35.5. The third-order valence-corrected chi connectivity index (χ3v) is 8.23. The van der Waals surface area contributed by atoms with Crippen molar-refractivity contribution in [1.82, 2.24) is 4.31 Å². The fourth-order valence-corrected chi connectivity index (χ4v) is 5.70. The van der Waals surface area contributed by atoms with Gasteiger partial charge in [0.15, 0.2) is 0 Å². The van der Waals surface area contributed by atoms with E-state index in [4.69, 9.17) is 27.9 Å². The van der Waals surface area contributed by atoms with Gasteiger partial charge in [0.25, 0.3) is 5.91 Å². The van der Waals surface area contributed by atoms with Crippen molar-refractivity contribution in [3.8, 4) is 0 Å². The Morgan fingerprint density at radius 3 is 2.50 bits per heavy atom. The Bertz CT molecular complexity index is 1160. The molecule has 0 saturated carbocycles. The lowest BCUT2D eigenvalue weighted by atomic mass is 9.91. The van der Waals surface area contributed by atoms with Gasteiger partial charge in [-0.2, -0.15) is 12.7 Å². The van der Waals surface area contributed by atoms with Crippen LogP contribution in [0.5, 0.6) is 0 Å². The zero-order valence-electron chi connectivity index (χ0n) is 17.3. The molecule has 4 rings (SSSR count). The van der Waals surface area contributed by atoms with Gasteiger partial charge in [0, 0.05) is 44.1 Å². The molecule has 172 valence electrons. The molecule has 7 nitrogen and oxygen atoms in total. The van der Waals surface area contributed by atoms with Gasteiger partial charge in [0.1, 0.15) is 5.82 Å². The fraction of sp³-hybridized carbons (Fsp3) is 0.381. The van der Waals surface area contributed by atoms with Gasteiger partial charge >= 0.3 is 10.2 Å². The maximum atomic E-state index is 14.5. The van der Waals surface area contributed by atoms with E-state index in [1.54, 1.807) is 6.07 Å². The SMILES string of the molecule is CN1CCN(c2cc(F)c(Cl)c(C(=O)Nc3cc(Cl)cc(C4CCOCC4)c3)c2)S1(=O)=O. The van der Waals surface area contributed by atoms with Crippen LogP contribution in [0.2, 0.25) is 10.0 Å². The molecule has 11 heteroatoms. The first-order valence-corrected chi connectivity index (χ1v) is 12.2. The van der Waals surface area contributed by atoms with E-state index in [0.29, 0.717) is 23.9 Å². The second-order valence-electron chi connectivity index (χ2n) is 7.80. The summed E-state index contributed by atoms with van der Waals surface area (Å²) < 4.78 is 47.1. The summed E-state index contributed by atoms with van der Waals surface area (Å²) in [5.41, 5.74) is 1.29. The molecule has 2 fully saturated rings. The molecule has 32 heavy (non-hydrogen) atoms. The summed E-state index contributed by atoms with van der Waals surface area (Å²) in [4.78, 5) is 13.0. The van der Waals surface area contributed by atoms with E-state index in [-0.39, 0.29) is 35.3 Å². The molecule has 2 aromatic carbocycles. The summed E-state index contributed by atoms with van der Waals surface area (Å²) in [7, 11) is -2.34. The Morgan fingerprint density at radius 2 is 1.84 bits per heavy atom. The third kappa shape index (κ3) is 4.58. The highest BCUT2D eigenvalue weighted by Gasteiger charge is 2.35. The molecular formula is C21H22Cl2FN3O4S. The summed E-state index contributed by atoms with van der Waals surface area (Å²) in [5.74, 6) is -1.28. The van der Waals surface area contributed by atoms with E-state index < -0.39 is 21.9 Å². The molecule has 1 amide bonds. The monoisotopic (exact) mass is 501 g/mol. The maximum absolute atomic E-state index is 14.5. The molecule has 0 spiro atoms. The Kier molecular flexibility index (Phi) is 6.65. The maximum Gasteiger partial charge on any atom is 0.303 e. The second kappa shape index (κ2) is 9.15. The van der Waals surface area contributed by atoms with Crippen molar-refractivity contribution in [3.63, 3.8) is 0 Å². The molecule has 2 aromatic rings. The molecule has 0 aliphatic carbocycles. The van der Waals surface area contributed by atoms with Crippen molar-refractivity contribution in [2.75, 3.05) is 43.0 Å². The average Bonchev–Trinajstić information content (AvgIpc) is 3.02. The standard InChI is InChI=1S/C21H22Cl2FN3O4S/c1-26-4-5-27(32(26,29)30)17-11-18(20(23)19(24)12-17)21(28)25-16-9-14(8-15(22)10-16)13-2-6-31-7-3-13/h8-13H,2-7H2,1H3,(H,25,28). The minimum Gasteiger partial charge on any atom is -0.381 e. The molecule has 2 aliphatic heterocycles. The van der Waals surface area contributed by atoms with Gasteiger partial charge in [-0.3, -0.25) is 9.10 Å². The molecule has 1 N–H and O–H groups in total. The van der Waals surface area contributed by atoms with Gasteiger partial charge in [0.2, 0.25) is 0 Å². The highest BCUT2D eigenvalue weighted by Crippen LogP contribution is 2.33. The summed E-state index contributed by atoms with van der Waals surface area (Å²) in [6.45, 7) is 1.72. The van der Waals surface area contributed by atoms with Gasteiger partial charge in [-0.05, 0) is 54.7 Å². The van der Waals surface area contributed by atoms with E-state index in [2.05, 4.69) is 5.32 Å². The number of hydrogen-bond acceptors (Lipinski definition) is 4. The van der Waals surface area contributed by atoms with E-state index in [1.807, 2.05) is 12.1 Å². The first-order chi connectivity index (χ1) is 15.2. The number of nitrogens with one attached hydrogen (secondary N) is 1. The Balaban J connectivity index is 1.63. The van der Waals surface area contributed by atoms with Crippen LogP contribution in [0.1, 0.15) is 34.7 Å². The number of likely N-dealkylation sites (N-methyl/N-ethyl adjacent to an activating group) is 1. The lowest BCUT2D eigenvalue weighted by molar-refractivity contribution is 0.0853. The third-order valence-electron chi connectivity index (χ3n) is 5.71. The molecule has 2 aliphatic rings. The van der Waals surface area contributed by atoms with Crippen LogP contribution in [-0.2, 0) is 14.9 Å². The van der Waals surface area contributed by atoms with Crippen molar-refractivity contribution < 1.29 is 22.3 Å². The average molecular weight is 502 g/mol. The Hall–Kier alpha value is -1.91. The smallest absolute Gasteiger partial charge is 0.303 e. The lowest BCUT2D eigenvalue weighted by Gasteiger charge is -2.23. The number of nitrogens with zero attached hydrogens (tertiary/aromatic N) is 2. The van der Waals surface area contributed by atoms with Crippen LogP contribution in [0.15, 0.2) is 30.3 Å². The molecule has 0 atom stereocenters. The van der Waals surface area contributed by atoms with Crippen molar-refractivity contribution in [1.29, 1.82) is 0 Å².